The molecule has 0 amide bonds. The highest BCUT2D eigenvalue weighted by atomic mass is 32.1. The first kappa shape index (κ1) is 14.9. The Balaban J connectivity index is 1.55. The second-order valence-electron chi connectivity index (χ2n) is 6.35. The maximum atomic E-state index is 5.75. The molecule has 1 atom stereocenters. The highest BCUT2D eigenvalue weighted by Gasteiger charge is 2.22. The van der Waals surface area contributed by atoms with Crippen LogP contribution in [0, 0.1) is 0 Å². The summed E-state index contributed by atoms with van der Waals surface area (Å²) < 4.78 is 0. The standard InChI is InChI=1S/C17H25N3S/c1-13(17(18)21)20-9-7-19(8-10-20)12-14-5-6-15-3-2-4-16(15)11-14/h5-6,11,13H,2-4,7-10,12H2,1H3,(H2,18,21). The monoisotopic (exact) mass is 303 g/mol. The molecule has 114 valence electrons. The van der Waals surface area contributed by atoms with Gasteiger partial charge >= 0.3 is 0 Å². The van der Waals surface area contributed by atoms with Crippen LogP contribution in [0.15, 0.2) is 18.2 Å². The van der Waals surface area contributed by atoms with Crippen LogP contribution in [0.25, 0.3) is 0 Å². The molecular formula is C17H25N3S. The van der Waals surface area contributed by atoms with Gasteiger partial charge in [-0.3, -0.25) is 9.80 Å². The summed E-state index contributed by atoms with van der Waals surface area (Å²) in [6.07, 6.45) is 3.86. The maximum absolute atomic E-state index is 5.75. The fourth-order valence-corrected chi connectivity index (χ4v) is 3.62. The molecule has 1 unspecified atom stereocenters. The summed E-state index contributed by atoms with van der Waals surface area (Å²) in [5.41, 5.74) is 10.4. The molecule has 0 saturated carbocycles. The summed E-state index contributed by atoms with van der Waals surface area (Å²) in [5, 5.41) is 0. The number of fused-ring (bicyclic) bond motifs is 1. The molecule has 1 aliphatic heterocycles. The molecule has 1 aromatic rings. The number of thiocarbonyl (C=S) groups is 1. The van der Waals surface area contributed by atoms with E-state index >= 15 is 0 Å². The van der Waals surface area contributed by atoms with Gasteiger partial charge in [0, 0.05) is 32.7 Å². The lowest BCUT2D eigenvalue weighted by atomic mass is 10.1. The van der Waals surface area contributed by atoms with Crippen LogP contribution in [0.2, 0.25) is 0 Å². The van der Waals surface area contributed by atoms with Crippen molar-refractivity contribution >= 4 is 17.2 Å². The van der Waals surface area contributed by atoms with Crippen LogP contribution in [0.1, 0.15) is 30.0 Å². The normalized spacial score (nSPS) is 21.2. The maximum Gasteiger partial charge on any atom is 0.0899 e. The first-order valence-corrected chi connectivity index (χ1v) is 8.41. The van der Waals surface area contributed by atoms with Gasteiger partial charge in [-0.1, -0.05) is 30.4 Å². The Labute approximate surface area is 133 Å². The average molecular weight is 303 g/mol. The lowest BCUT2D eigenvalue weighted by Gasteiger charge is -2.37. The summed E-state index contributed by atoms with van der Waals surface area (Å²) in [6, 6.07) is 7.30. The average Bonchev–Trinajstić information content (AvgIpc) is 2.95. The topological polar surface area (TPSA) is 32.5 Å². The molecule has 2 N–H and O–H groups in total. The molecule has 0 aromatic heterocycles. The van der Waals surface area contributed by atoms with Crippen LogP contribution >= 0.6 is 12.2 Å². The van der Waals surface area contributed by atoms with E-state index in [-0.39, 0.29) is 6.04 Å². The molecule has 0 radical (unpaired) electrons. The number of piperazine rings is 1. The van der Waals surface area contributed by atoms with Crippen molar-refractivity contribution in [3.8, 4) is 0 Å². The van der Waals surface area contributed by atoms with E-state index in [1.807, 2.05) is 0 Å². The molecule has 2 aliphatic rings. The predicted octanol–water partition coefficient (Wildman–Crippen LogP) is 1.97. The summed E-state index contributed by atoms with van der Waals surface area (Å²) in [4.78, 5) is 5.54. The van der Waals surface area contributed by atoms with E-state index in [0.29, 0.717) is 4.99 Å². The van der Waals surface area contributed by atoms with Gasteiger partial charge in [0.2, 0.25) is 0 Å². The number of aryl methyl sites for hydroxylation is 2. The SMILES string of the molecule is CC(C(N)=S)N1CCN(Cc2ccc3c(c2)CCC3)CC1. The van der Waals surface area contributed by atoms with E-state index in [2.05, 4.69) is 34.9 Å². The molecular weight excluding hydrogens is 278 g/mol. The van der Waals surface area contributed by atoms with E-state index in [1.54, 1.807) is 11.1 Å². The highest BCUT2D eigenvalue weighted by Crippen LogP contribution is 2.23. The van der Waals surface area contributed by atoms with Crippen molar-refractivity contribution in [1.29, 1.82) is 0 Å². The Kier molecular flexibility index (Phi) is 4.57. The summed E-state index contributed by atoms with van der Waals surface area (Å²) in [7, 11) is 0. The zero-order valence-corrected chi connectivity index (χ0v) is 13.7. The Morgan fingerprint density at radius 2 is 1.90 bits per heavy atom. The number of nitrogens with zero attached hydrogens (tertiary/aromatic N) is 2. The van der Waals surface area contributed by atoms with Gasteiger partial charge in [0.25, 0.3) is 0 Å². The van der Waals surface area contributed by atoms with Crippen molar-refractivity contribution in [2.45, 2.75) is 38.8 Å². The molecule has 1 aromatic carbocycles. The van der Waals surface area contributed by atoms with Crippen molar-refractivity contribution in [2.75, 3.05) is 26.2 Å². The Bertz CT molecular complexity index is 521. The molecule has 1 saturated heterocycles. The Hall–Kier alpha value is -0.970. The van der Waals surface area contributed by atoms with Gasteiger partial charge in [-0.2, -0.15) is 0 Å². The van der Waals surface area contributed by atoms with Gasteiger partial charge in [-0.25, -0.2) is 0 Å². The van der Waals surface area contributed by atoms with E-state index in [0.717, 1.165) is 32.7 Å². The van der Waals surface area contributed by atoms with Crippen molar-refractivity contribution in [2.24, 2.45) is 5.73 Å². The third-order valence-electron chi connectivity index (χ3n) is 4.94. The van der Waals surface area contributed by atoms with E-state index in [1.165, 1.54) is 24.8 Å². The molecule has 3 nitrogen and oxygen atoms in total. The van der Waals surface area contributed by atoms with Crippen molar-refractivity contribution in [1.82, 2.24) is 9.80 Å². The fourth-order valence-electron chi connectivity index (χ4n) is 3.47. The van der Waals surface area contributed by atoms with Gasteiger partial charge in [-0.15, -0.1) is 0 Å². The zero-order chi connectivity index (χ0) is 14.8. The van der Waals surface area contributed by atoms with Crippen LogP contribution in [0.3, 0.4) is 0 Å². The van der Waals surface area contributed by atoms with E-state index in [4.69, 9.17) is 18.0 Å². The minimum Gasteiger partial charge on any atom is -0.392 e. The number of hydrogen-bond acceptors (Lipinski definition) is 3. The number of benzene rings is 1. The molecule has 1 heterocycles. The Morgan fingerprint density at radius 1 is 1.19 bits per heavy atom. The molecule has 0 bridgehead atoms. The second kappa shape index (κ2) is 6.42. The first-order chi connectivity index (χ1) is 10.1. The van der Waals surface area contributed by atoms with Crippen LogP contribution in [0.4, 0.5) is 0 Å². The predicted molar refractivity (Wildman–Crippen MR) is 91.6 cm³/mol. The third-order valence-corrected chi connectivity index (χ3v) is 5.28. The van der Waals surface area contributed by atoms with E-state index < -0.39 is 0 Å². The van der Waals surface area contributed by atoms with Gasteiger partial charge in [-0.05, 0) is 42.9 Å². The number of hydrogen-bond donors (Lipinski definition) is 1. The van der Waals surface area contributed by atoms with Crippen molar-refractivity contribution in [3.63, 3.8) is 0 Å². The molecule has 4 heteroatoms. The van der Waals surface area contributed by atoms with Gasteiger partial charge in [0.1, 0.15) is 0 Å². The van der Waals surface area contributed by atoms with E-state index in [9.17, 15) is 0 Å². The van der Waals surface area contributed by atoms with Gasteiger partial charge in [0.05, 0.1) is 11.0 Å². The number of rotatable bonds is 4. The second-order valence-corrected chi connectivity index (χ2v) is 6.82. The van der Waals surface area contributed by atoms with Crippen LogP contribution < -0.4 is 5.73 Å². The molecule has 1 fully saturated rings. The minimum absolute atomic E-state index is 0.224. The first-order valence-electron chi connectivity index (χ1n) is 8.00. The van der Waals surface area contributed by atoms with Crippen LogP contribution in [0.5, 0.6) is 0 Å². The number of nitrogens with two attached hydrogens (primary N) is 1. The molecule has 21 heavy (non-hydrogen) atoms. The fraction of sp³-hybridized carbons (Fsp3) is 0.588. The van der Waals surface area contributed by atoms with Gasteiger partial charge < -0.3 is 5.73 Å². The lowest BCUT2D eigenvalue weighted by Crippen LogP contribution is -2.52. The quantitative estimate of drug-likeness (QED) is 0.862. The Morgan fingerprint density at radius 3 is 2.62 bits per heavy atom. The van der Waals surface area contributed by atoms with Crippen molar-refractivity contribution in [3.05, 3.63) is 34.9 Å². The lowest BCUT2D eigenvalue weighted by molar-refractivity contribution is 0.118. The zero-order valence-electron chi connectivity index (χ0n) is 12.8. The van der Waals surface area contributed by atoms with Gasteiger partial charge in [0.15, 0.2) is 0 Å². The largest absolute Gasteiger partial charge is 0.392 e. The molecule has 0 spiro atoms. The highest BCUT2D eigenvalue weighted by molar-refractivity contribution is 7.80. The summed E-state index contributed by atoms with van der Waals surface area (Å²) in [6.45, 7) is 7.50. The third kappa shape index (κ3) is 3.44. The summed E-state index contributed by atoms with van der Waals surface area (Å²) in [5.74, 6) is 0. The van der Waals surface area contributed by atoms with Crippen LogP contribution in [-0.4, -0.2) is 47.0 Å². The molecule has 3 rings (SSSR count). The molecule has 1 aliphatic carbocycles. The minimum atomic E-state index is 0.224. The smallest absolute Gasteiger partial charge is 0.0899 e. The van der Waals surface area contributed by atoms with Crippen molar-refractivity contribution < 1.29 is 0 Å². The van der Waals surface area contributed by atoms with Crippen LogP contribution in [-0.2, 0) is 19.4 Å². The summed E-state index contributed by atoms with van der Waals surface area (Å²) >= 11 is 5.10.